The summed E-state index contributed by atoms with van der Waals surface area (Å²) in [6.45, 7) is 3.94. The summed E-state index contributed by atoms with van der Waals surface area (Å²) >= 11 is 0. The molecule has 1 saturated carbocycles. The molecular formula is C27H31N3O3. The van der Waals surface area contributed by atoms with Crippen molar-refractivity contribution in [1.82, 2.24) is 14.7 Å². The van der Waals surface area contributed by atoms with E-state index in [0.717, 1.165) is 71.8 Å². The van der Waals surface area contributed by atoms with E-state index in [4.69, 9.17) is 19.0 Å². The Morgan fingerprint density at radius 1 is 1.00 bits per heavy atom. The summed E-state index contributed by atoms with van der Waals surface area (Å²) in [5, 5.41) is 4.13. The molecule has 0 spiro atoms. The van der Waals surface area contributed by atoms with Crippen molar-refractivity contribution in [2.75, 3.05) is 14.2 Å². The van der Waals surface area contributed by atoms with Crippen LogP contribution < -0.4 is 4.74 Å². The van der Waals surface area contributed by atoms with Crippen LogP contribution in [0.25, 0.3) is 22.2 Å². The maximum absolute atomic E-state index is 5.62. The lowest BCUT2D eigenvalue weighted by Gasteiger charge is -2.30. The molecular weight excluding hydrogens is 414 g/mol. The Hall–Kier alpha value is -3.12. The van der Waals surface area contributed by atoms with Gasteiger partial charge in [-0.15, -0.1) is 0 Å². The second-order valence-corrected chi connectivity index (χ2v) is 8.99. The van der Waals surface area contributed by atoms with E-state index in [-0.39, 0.29) is 0 Å². The lowest BCUT2D eigenvalue weighted by atomic mass is 9.92. The first-order chi connectivity index (χ1) is 16.1. The van der Waals surface area contributed by atoms with Gasteiger partial charge in [-0.1, -0.05) is 23.4 Å². The third-order valence-electron chi connectivity index (χ3n) is 6.95. The van der Waals surface area contributed by atoms with Crippen LogP contribution in [-0.4, -0.2) is 35.0 Å². The molecule has 172 valence electrons. The quantitative estimate of drug-likeness (QED) is 0.362. The molecule has 0 N–H and O–H groups in total. The zero-order chi connectivity index (χ0) is 22.9. The minimum absolute atomic E-state index is 0.368. The Morgan fingerprint density at radius 3 is 2.39 bits per heavy atom. The van der Waals surface area contributed by atoms with Gasteiger partial charge < -0.3 is 18.6 Å². The Bertz CT molecular complexity index is 1230. The van der Waals surface area contributed by atoms with Crippen LogP contribution in [0, 0.1) is 13.8 Å². The van der Waals surface area contributed by atoms with E-state index in [9.17, 15) is 0 Å². The van der Waals surface area contributed by atoms with Gasteiger partial charge in [-0.2, -0.15) is 0 Å². The van der Waals surface area contributed by atoms with Gasteiger partial charge in [-0.05, 0) is 74.9 Å². The van der Waals surface area contributed by atoms with Crippen LogP contribution in [0.3, 0.4) is 0 Å². The van der Waals surface area contributed by atoms with Gasteiger partial charge in [0.15, 0.2) is 0 Å². The number of rotatable bonds is 6. The molecule has 6 heteroatoms. The lowest BCUT2D eigenvalue weighted by molar-refractivity contribution is 0.0586. The van der Waals surface area contributed by atoms with E-state index in [1.807, 2.05) is 33.1 Å². The van der Waals surface area contributed by atoms with Crippen LogP contribution in [-0.2, 0) is 11.2 Å². The van der Waals surface area contributed by atoms with E-state index in [0.29, 0.717) is 12.1 Å². The zero-order valence-corrected chi connectivity index (χ0v) is 19.8. The van der Waals surface area contributed by atoms with Gasteiger partial charge in [0.25, 0.3) is 0 Å². The first kappa shape index (κ1) is 21.7. The van der Waals surface area contributed by atoms with Gasteiger partial charge in [-0.25, -0.2) is 4.98 Å². The second-order valence-electron chi connectivity index (χ2n) is 8.99. The fourth-order valence-corrected chi connectivity index (χ4v) is 5.20. The molecule has 2 heterocycles. The van der Waals surface area contributed by atoms with Crippen molar-refractivity contribution in [2.45, 2.75) is 58.1 Å². The maximum Gasteiger partial charge on any atom is 0.141 e. The summed E-state index contributed by atoms with van der Waals surface area (Å²) < 4.78 is 18.8. The SMILES string of the molecule is COc1ccc(Cc2nc3cc(-c4c(C)noc4C)ccc3n2C2CCC(OC)CC2)cc1. The summed E-state index contributed by atoms with van der Waals surface area (Å²) in [6.07, 6.45) is 5.52. The number of aromatic nitrogens is 3. The van der Waals surface area contributed by atoms with Gasteiger partial charge in [0.05, 0.1) is 29.9 Å². The number of aryl methyl sites for hydroxylation is 2. The smallest absolute Gasteiger partial charge is 0.141 e. The summed E-state index contributed by atoms with van der Waals surface area (Å²) in [7, 11) is 3.52. The fourth-order valence-electron chi connectivity index (χ4n) is 5.20. The molecule has 0 unspecified atom stereocenters. The number of methoxy groups -OCH3 is 2. The Labute approximate surface area is 194 Å². The molecule has 2 aromatic carbocycles. The summed E-state index contributed by atoms with van der Waals surface area (Å²) in [6, 6.07) is 15.3. The van der Waals surface area contributed by atoms with Crippen LogP contribution >= 0.6 is 0 Å². The van der Waals surface area contributed by atoms with Crippen molar-refractivity contribution in [3.8, 4) is 16.9 Å². The molecule has 0 amide bonds. The molecule has 6 nitrogen and oxygen atoms in total. The second kappa shape index (κ2) is 9.02. The van der Waals surface area contributed by atoms with Crippen LogP contribution in [0.15, 0.2) is 47.0 Å². The minimum Gasteiger partial charge on any atom is -0.497 e. The Morgan fingerprint density at radius 2 is 1.76 bits per heavy atom. The molecule has 1 aliphatic carbocycles. The van der Waals surface area contributed by atoms with E-state index >= 15 is 0 Å². The van der Waals surface area contributed by atoms with E-state index in [1.54, 1.807) is 7.11 Å². The molecule has 1 aliphatic rings. The lowest BCUT2D eigenvalue weighted by Crippen LogP contribution is -2.23. The topological polar surface area (TPSA) is 62.3 Å². The van der Waals surface area contributed by atoms with Gasteiger partial charge in [0.2, 0.25) is 0 Å². The first-order valence-electron chi connectivity index (χ1n) is 11.7. The van der Waals surface area contributed by atoms with E-state index in [1.165, 1.54) is 11.1 Å². The summed E-state index contributed by atoms with van der Waals surface area (Å²) in [5.74, 6) is 2.81. The highest BCUT2D eigenvalue weighted by atomic mass is 16.5. The highest BCUT2D eigenvalue weighted by Gasteiger charge is 2.26. The molecule has 33 heavy (non-hydrogen) atoms. The monoisotopic (exact) mass is 445 g/mol. The third kappa shape index (κ3) is 4.15. The van der Waals surface area contributed by atoms with Crippen molar-refractivity contribution in [2.24, 2.45) is 0 Å². The number of nitrogens with zero attached hydrogens (tertiary/aromatic N) is 3. The van der Waals surface area contributed by atoms with Crippen molar-refractivity contribution in [3.05, 3.63) is 65.3 Å². The average Bonchev–Trinajstić information content (AvgIpc) is 3.37. The van der Waals surface area contributed by atoms with Crippen LogP contribution in [0.5, 0.6) is 5.75 Å². The number of ether oxygens (including phenoxy) is 2. The predicted molar refractivity (Wildman–Crippen MR) is 129 cm³/mol. The zero-order valence-electron chi connectivity index (χ0n) is 19.8. The van der Waals surface area contributed by atoms with Crippen molar-refractivity contribution >= 4 is 11.0 Å². The van der Waals surface area contributed by atoms with Gasteiger partial charge in [0, 0.05) is 25.1 Å². The van der Waals surface area contributed by atoms with Crippen molar-refractivity contribution in [3.63, 3.8) is 0 Å². The molecule has 0 bridgehead atoms. The summed E-state index contributed by atoms with van der Waals surface area (Å²) in [5.41, 5.74) is 6.50. The Kier molecular flexibility index (Phi) is 5.94. The summed E-state index contributed by atoms with van der Waals surface area (Å²) in [4.78, 5) is 5.14. The maximum atomic E-state index is 5.62. The van der Waals surface area contributed by atoms with E-state index in [2.05, 4.69) is 40.1 Å². The van der Waals surface area contributed by atoms with Crippen LogP contribution in [0.1, 0.15) is 54.6 Å². The molecule has 0 aliphatic heterocycles. The molecule has 0 atom stereocenters. The van der Waals surface area contributed by atoms with Crippen molar-refractivity contribution < 1.29 is 14.0 Å². The molecule has 2 aromatic heterocycles. The number of benzene rings is 2. The van der Waals surface area contributed by atoms with E-state index < -0.39 is 0 Å². The van der Waals surface area contributed by atoms with Crippen molar-refractivity contribution in [1.29, 1.82) is 0 Å². The third-order valence-corrected chi connectivity index (χ3v) is 6.95. The highest BCUT2D eigenvalue weighted by Crippen LogP contribution is 2.36. The highest BCUT2D eigenvalue weighted by molar-refractivity contribution is 5.83. The molecule has 4 aromatic rings. The number of hydrogen-bond donors (Lipinski definition) is 0. The molecule has 1 fully saturated rings. The van der Waals surface area contributed by atoms with Crippen LogP contribution in [0.2, 0.25) is 0 Å². The first-order valence-corrected chi connectivity index (χ1v) is 11.7. The number of fused-ring (bicyclic) bond motifs is 1. The molecule has 0 saturated heterocycles. The molecule has 0 radical (unpaired) electrons. The van der Waals surface area contributed by atoms with Gasteiger partial charge >= 0.3 is 0 Å². The fraction of sp³-hybridized carbons (Fsp3) is 0.407. The van der Waals surface area contributed by atoms with Gasteiger partial charge in [0.1, 0.15) is 17.3 Å². The number of hydrogen-bond acceptors (Lipinski definition) is 5. The van der Waals surface area contributed by atoms with Gasteiger partial charge in [-0.3, -0.25) is 0 Å². The molecule has 5 rings (SSSR count). The standard InChI is InChI=1S/C27H31N3O3/c1-17-27(18(2)33-29-17)20-7-14-25-24(16-20)28-26(15-19-5-10-22(31-3)11-6-19)30(25)21-8-12-23(32-4)13-9-21/h5-7,10-11,14,16,21,23H,8-9,12-13,15H2,1-4H3. The van der Waals surface area contributed by atoms with Crippen LogP contribution in [0.4, 0.5) is 0 Å². The largest absolute Gasteiger partial charge is 0.497 e. The number of imidazole rings is 1. The normalized spacial score (nSPS) is 18.7. The average molecular weight is 446 g/mol. The Balaban J connectivity index is 1.56. The minimum atomic E-state index is 0.368. The predicted octanol–water partition coefficient (Wildman–Crippen LogP) is 6.04.